The normalized spacial score (nSPS) is 14.0. The van der Waals surface area contributed by atoms with Gasteiger partial charge in [-0.15, -0.1) is 0 Å². The van der Waals surface area contributed by atoms with E-state index in [1.807, 2.05) is 51.1 Å². The Kier molecular flexibility index (Phi) is 5.70. The highest BCUT2D eigenvalue weighted by Crippen LogP contribution is 2.33. The summed E-state index contributed by atoms with van der Waals surface area (Å²) in [5.41, 5.74) is 3.72. The summed E-state index contributed by atoms with van der Waals surface area (Å²) in [4.78, 5) is 13.2. The van der Waals surface area contributed by atoms with Crippen molar-refractivity contribution in [2.75, 3.05) is 16.3 Å². The lowest BCUT2D eigenvalue weighted by Gasteiger charge is -2.16. The highest BCUT2D eigenvalue weighted by molar-refractivity contribution is 8.00. The van der Waals surface area contributed by atoms with Crippen molar-refractivity contribution in [3.63, 3.8) is 0 Å². The summed E-state index contributed by atoms with van der Waals surface area (Å²) in [6.45, 7) is 5.66. The van der Waals surface area contributed by atoms with Crippen molar-refractivity contribution < 1.29 is 13.5 Å². The Hall–Kier alpha value is -3.66. The number of nitrogens with one attached hydrogen (secondary N) is 2. The number of hydrogen-bond donors (Lipinski definition) is 2. The molecule has 0 saturated heterocycles. The quantitative estimate of drug-likeness (QED) is 0.401. The molecule has 4 aromatic rings. The Morgan fingerprint density at radius 2 is 2.00 bits per heavy atom. The summed E-state index contributed by atoms with van der Waals surface area (Å²) in [7, 11) is -2.41. The molecule has 2 N–H and O–H groups in total. The van der Waals surface area contributed by atoms with Gasteiger partial charge >= 0.3 is 0 Å². The van der Waals surface area contributed by atoms with Gasteiger partial charge in [0.05, 0.1) is 11.2 Å². The molecular weight excluding hydrogens is 428 g/mol. The maximum absolute atomic E-state index is 12.0. The second-order valence-corrected chi connectivity index (χ2v) is 9.84. The number of anilines is 3. The molecule has 0 bridgehead atoms. The molecule has 0 amide bonds. The van der Waals surface area contributed by atoms with Crippen LogP contribution in [0.2, 0.25) is 0 Å². The van der Waals surface area contributed by atoms with Crippen LogP contribution in [-0.2, 0) is 9.71 Å². The second-order valence-electron chi connectivity index (χ2n) is 7.63. The molecule has 0 saturated carbocycles. The van der Waals surface area contributed by atoms with Crippen LogP contribution >= 0.6 is 0 Å². The molecule has 166 valence electrons. The number of aromatic nitrogens is 4. The van der Waals surface area contributed by atoms with E-state index in [0.717, 1.165) is 16.6 Å². The lowest BCUT2D eigenvalue weighted by molar-refractivity contribution is 0.176. The predicted octanol–water partition coefficient (Wildman–Crippen LogP) is 4.19. The van der Waals surface area contributed by atoms with Crippen LogP contribution in [0, 0.1) is 13.8 Å². The van der Waals surface area contributed by atoms with Gasteiger partial charge in [-0.25, -0.2) is 19.2 Å². The Labute approximate surface area is 186 Å². The van der Waals surface area contributed by atoms with Crippen LogP contribution in [0.15, 0.2) is 47.4 Å². The third-order valence-corrected chi connectivity index (χ3v) is 5.30. The van der Waals surface area contributed by atoms with Gasteiger partial charge in [-0.1, -0.05) is 5.16 Å². The first kappa shape index (κ1) is 21.6. The molecule has 0 aliphatic carbocycles. The standard InChI is InChI=1S/C22H24N6O3S/c1-13-9-16(28-32(4,5)29)11-18-20(13)21(25-12-24-18)26-17-7-6-8-23-22(17)30-15(3)19-10-14(2)27-31-19/h6-12,15H,4H2,1-3,5H3,(H,28,29)(H,24,25,26)/t15-,32?/m1/s1. The minimum atomic E-state index is -2.41. The van der Waals surface area contributed by atoms with E-state index in [-0.39, 0.29) is 6.10 Å². The molecule has 9 nitrogen and oxygen atoms in total. The Bertz CT molecular complexity index is 1380. The molecule has 3 aromatic heterocycles. The summed E-state index contributed by atoms with van der Waals surface area (Å²) >= 11 is 0. The SMILES string of the molecule is C=S(C)(=O)Nc1cc(C)c2c(Nc3cccnc3O[C@H](C)c3cc(C)no3)ncnc2c1. The molecular formula is C22H24N6O3S. The van der Waals surface area contributed by atoms with Crippen molar-refractivity contribution in [1.82, 2.24) is 20.1 Å². The summed E-state index contributed by atoms with van der Waals surface area (Å²) in [5, 5.41) is 8.05. The van der Waals surface area contributed by atoms with Crippen molar-refractivity contribution in [3.05, 3.63) is 59.9 Å². The van der Waals surface area contributed by atoms with Gasteiger partial charge in [0.1, 0.15) is 17.8 Å². The summed E-state index contributed by atoms with van der Waals surface area (Å²) in [6, 6.07) is 9.20. The number of rotatable bonds is 7. The van der Waals surface area contributed by atoms with Crippen molar-refractivity contribution >= 4 is 43.7 Å². The van der Waals surface area contributed by atoms with E-state index < -0.39 is 9.71 Å². The molecule has 10 heteroatoms. The van der Waals surface area contributed by atoms with E-state index in [1.54, 1.807) is 12.5 Å². The van der Waals surface area contributed by atoms with E-state index in [0.29, 0.717) is 34.3 Å². The third-order valence-electron chi connectivity index (χ3n) is 4.63. The first-order chi connectivity index (χ1) is 15.2. The molecule has 1 unspecified atom stereocenters. The van der Waals surface area contributed by atoms with Crippen LogP contribution in [0.1, 0.15) is 30.0 Å². The van der Waals surface area contributed by atoms with Gasteiger partial charge in [-0.2, -0.15) is 0 Å². The monoisotopic (exact) mass is 452 g/mol. The second kappa shape index (κ2) is 8.46. The van der Waals surface area contributed by atoms with Crippen molar-refractivity contribution in [3.8, 4) is 5.88 Å². The van der Waals surface area contributed by atoms with Gasteiger partial charge in [0.15, 0.2) is 11.9 Å². The molecule has 1 aromatic carbocycles. The van der Waals surface area contributed by atoms with Crippen LogP contribution < -0.4 is 14.8 Å². The van der Waals surface area contributed by atoms with Crippen molar-refractivity contribution in [1.29, 1.82) is 0 Å². The van der Waals surface area contributed by atoms with Crippen LogP contribution in [0.25, 0.3) is 10.9 Å². The van der Waals surface area contributed by atoms with Gasteiger partial charge < -0.3 is 19.3 Å². The van der Waals surface area contributed by atoms with E-state index >= 15 is 0 Å². The van der Waals surface area contributed by atoms with Crippen LogP contribution in [0.3, 0.4) is 0 Å². The highest BCUT2D eigenvalue weighted by Gasteiger charge is 2.17. The smallest absolute Gasteiger partial charge is 0.238 e. The molecule has 2 atom stereocenters. The fourth-order valence-corrected chi connectivity index (χ4v) is 3.92. The Balaban J connectivity index is 1.67. The molecule has 0 spiro atoms. The van der Waals surface area contributed by atoms with Crippen molar-refractivity contribution in [2.45, 2.75) is 26.9 Å². The van der Waals surface area contributed by atoms with E-state index in [1.165, 1.54) is 6.33 Å². The summed E-state index contributed by atoms with van der Waals surface area (Å²) in [5.74, 6) is 5.26. The number of nitrogens with zero attached hydrogens (tertiary/aromatic N) is 4. The van der Waals surface area contributed by atoms with Crippen LogP contribution in [0.4, 0.5) is 17.2 Å². The average molecular weight is 453 g/mol. The third kappa shape index (κ3) is 4.80. The zero-order chi connectivity index (χ0) is 22.9. The number of pyridine rings is 1. The zero-order valence-electron chi connectivity index (χ0n) is 18.2. The highest BCUT2D eigenvalue weighted by atomic mass is 32.2. The zero-order valence-corrected chi connectivity index (χ0v) is 19.1. The van der Waals surface area contributed by atoms with Gasteiger partial charge in [-0.05, 0) is 56.5 Å². The van der Waals surface area contributed by atoms with Gasteiger partial charge in [0, 0.05) is 39.3 Å². The molecule has 0 fully saturated rings. The van der Waals surface area contributed by atoms with E-state index in [4.69, 9.17) is 9.26 Å². The van der Waals surface area contributed by atoms with Crippen LogP contribution in [-0.4, -0.2) is 36.4 Å². The topological polar surface area (TPSA) is 115 Å². The minimum absolute atomic E-state index is 0.379. The molecule has 0 radical (unpaired) electrons. The first-order valence-electron chi connectivity index (χ1n) is 9.87. The molecule has 0 aliphatic heterocycles. The van der Waals surface area contributed by atoms with Crippen LogP contribution in [0.5, 0.6) is 5.88 Å². The predicted molar refractivity (Wildman–Crippen MR) is 127 cm³/mol. The van der Waals surface area contributed by atoms with E-state index in [2.05, 4.69) is 36.0 Å². The lowest BCUT2D eigenvalue weighted by Crippen LogP contribution is -2.10. The minimum Gasteiger partial charge on any atom is -0.465 e. The maximum Gasteiger partial charge on any atom is 0.238 e. The fourth-order valence-electron chi connectivity index (χ4n) is 3.30. The number of aryl methyl sites for hydroxylation is 2. The van der Waals surface area contributed by atoms with E-state index in [9.17, 15) is 4.21 Å². The average Bonchev–Trinajstić information content (AvgIpc) is 3.14. The molecule has 32 heavy (non-hydrogen) atoms. The molecule has 0 aliphatic rings. The van der Waals surface area contributed by atoms with Gasteiger partial charge in [0.2, 0.25) is 5.88 Å². The first-order valence-corrected chi connectivity index (χ1v) is 12.0. The Morgan fingerprint density at radius 1 is 1.19 bits per heavy atom. The fraction of sp³-hybridized carbons (Fsp3) is 0.227. The number of fused-ring (bicyclic) bond motifs is 1. The van der Waals surface area contributed by atoms with Gasteiger partial charge in [-0.3, -0.25) is 0 Å². The number of benzene rings is 1. The number of ether oxygens (including phenoxy) is 1. The number of hydrogen-bond acceptors (Lipinski definition) is 8. The molecule has 4 rings (SSSR count). The maximum atomic E-state index is 12.0. The summed E-state index contributed by atoms with van der Waals surface area (Å²) in [6.07, 6.45) is 4.29. The summed E-state index contributed by atoms with van der Waals surface area (Å²) < 4.78 is 26.3. The van der Waals surface area contributed by atoms with Crippen molar-refractivity contribution in [2.24, 2.45) is 0 Å². The molecule has 3 heterocycles. The lowest BCUT2D eigenvalue weighted by atomic mass is 10.1. The Morgan fingerprint density at radius 3 is 2.72 bits per heavy atom. The van der Waals surface area contributed by atoms with Gasteiger partial charge in [0.25, 0.3) is 0 Å². The largest absolute Gasteiger partial charge is 0.465 e.